The first-order chi connectivity index (χ1) is 16.2. The molecule has 0 bridgehead atoms. The summed E-state index contributed by atoms with van der Waals surface area (Å²) < 4.78 is 41.4. The van der Waals surface area contributed by atoms with E-state index in [2.05, 4.69) is 10.00 Å². The SMILES string of the molecule is COc1ccc(CN(Cc2ccc(OC)cc2)S(=O)(=O)c2cc(C3(N(C)C)CC3)n(C)n2)cc1. The van der Waals surface area contributed by atoms with Gasteiger partial charge in [0.05, 0.1) is 25.5 Å². The van der Waals surface area contributed by atoms with Gasteiger partial charge < -0.3 is 9.47 Å². The Morgan fingerprint density at radius 1 is 0.912 bits per heavy atom. The van der Waals surface area contributed by atoms with Crippen LogP contribution in [0.2, 0.25) is 0 Å². The van der Waals surface area contributed by atoms with Crippen molar-refractivity contribution in [1.29, 1.82) is 0 Å². The number of aryl methyl sites for hydroxylation is 1. The smallest absolute Gasteiger partial charge is 0.263 e. The number of hydrogen-bond acceptors (Lipinski definition) is 6. The first-order valence-electron chi connectivity index (χ1n) is 11.2. The fraction of sp³-hybridized carbons (Fsp3) is 0.400. The van der Waals surface area contributed by atoms with E-state index < -0.39 is 10.0 Å². The van der Waals surface area contributed by atoms with Gasteiger partial charge in [0, 0.05) is 26.2 Å². The summed E-state index contributed by atoms with van der Waals surface area (Å²) in [7, 11) is 5.20. The molecule has 182 valence electrons. The van der Waals surface area contributed by atoms with E-state index in [1.165, 1.54) is 4.31 Å². The van der Waals surface area contributed by atoms with E-state index in [0.29, 0.717) is 0 Å². The molecule has 2 aromatic carbocycles. The largest absolute Gasteiger partial charge is 0.497 e. The van der Waals surface area contributed by atoms with Crippen molar-refractivity contribution in [3.8, 4) is 11.5 Å². The lowest BCUT2D eigenvalue weighted by molar-refractivity contribution is 0.262. The lowest BCUT2D eigenvalue weighted by Crippen LogP contribution is -2.30. The highest BCUT2D eigenvalue weighted by Crippen LogP contribution is 2.49. The number of nitrogens with zero attached hydrogens (tertiary/aromatic N) is 4. The Labute approximate surface area is 201 Å². The zero-order valence-corrected chi connectivity index (χ0v) is 21.2. The summed E-state index contributed by atoms with van der Waals surface area (Å²) >= 11 is 0. The van der Waals surface area contributed by atoms with E-state index >= 15 is 0 Å². The average molecular weight is 485 g/mol. The summed E-state index contributed by atoms with van der Waals surface area (Å²) in [6.45, 7) is 0.423. The van der Waals surface area contributed by atoms with Gasteiger partial charge in [0.2, 0.25) is 0 Å². The third kappa shape index (κ3) is 4.68. The standard InChI is InChI=1S/C25H32N4O4S/c1-27(2)25(14-15-25)23-16-24(26-28(23)3)34(30,31)29(17-19-6-10-21(32-4)11-7-19)18-20-8-12-22(33-5)13-9-20/h6-13,16H,14-15,17-18H2,1-5H3. The lowest BCUT2D eigenvalue weighted by Gasteiger charge is -2.23. The molecule has 34 heavy (non-hydrogen) atoms. The van der Waals surface area contributed by atoms with Crippen LogP contribution in [0, 0.1) is 0 Å². The maximum absolute atomic E-state index is 13.9. The predicted octanol–water partition coefficient (Wildman–Crippen LogP) is 3.38. The molecule has 0 aliphatic heterocycles. The van der Waals surface area contributed by atoms with Crippen molar-refractivity contribution in [3.63, 3.8) is 0 Å². The number of hydrogen-bond donors (Lipinski definition) is 0. The molecule has 9 heteroatoms. The Bertz CT molecular complexity index is 1180. The fourth-order valence-corrected chi connectivity index (χ4v) is 5.67. The molecule has 0 saturated heterocycles. The summed E-state index contributed by atoms with van der Waals surface area (Å²) in [6.07, 6.45) is 1.97. The molecule has 0 radical (unpaired) electrons. The number of rotatable bonds is 10. The van der Waals surface area contributed by atoms with Crippen LogP contribution in [0.4, 0.5) is 0 Å². The van der Waals surface area contributed by atoms with Crippen molar-refractivity contribution in [1.82, 2.24) is 19.0 Å². The molecule has 8 nitrogen and oxygen atoms in total. The minimum Gasteiger partial charge on any atom is -0.497 e. The highest BCUT2D eigenvalue weighted by molar-refractivity contribution is 7.89. The van der Waals surface area contributed by atoms with Crippen LogP contribution in [0.25, 0.3) is 0 Å². The first kappa shape index (κ1) is 24.3. The topological polar surface area (TPSA) is 76.9 Å². The third-order valence-corrected chi connectivity index (χ3v) is 8.22. The molecule has 4 rings (SSSR count). The minimum atomic E-state index is -3.87. The molecule has 1 fully saturated rings. The predicted molar refractivity (Wildman–Crippen MR) is 130 cm³/mol. The molecule has 0 amide bonds. The van der Waals surface area contributed by atoms with Gasteiger partial charge in [-0.3, -0.25) is 9.58 Å². The highest BCUT2D eigenvalue weighted by Gasteiger charge is 2.49. The first-order valence-corrected chi connectivity index (χ1v) is 12.6. The second-order valence-electron chi connectivity index (χ2n) is 8.89. The van der Waals surface area contributed by atoms with Crippen LogP contribution < -0.4 is 9.47 Å². The fourth-order valence-electron chi connectivity index (χ4n) is 4.28. The van der Waals surface area contributed by atoms with Crippen LogP contribution in [0.5, 0.6) is 11.5 Å². The van der Waals surface area contributed by atoms with E-state index in [0.717, 1.165) is 41.2 Å². The highest BCUT2D eigenvalue weighted by atomic mass is 32.2. The van der Waals surface area contributed by atoms with Crippen LogP contribution in [0.15, 0.2) is 59.6 Å². The lowest BCUT2D eigenvalue weighted by atomic mass is 10.1. The maximum atomic E-state index is 13.9. The molecule has 0 spiro atoms. The number of benzene rings is 2. The van der Waals surface area contributed by atoms with Gasteiger partial charge in [0.15, 0.2) is 5.03 Å². The van der Waals surface area contributed by atoms with Gasteiger partial charge in [0.25, 0.3) is 10.0 Å². The van der Waals surface area contributed by atoms with Gasteiger partial charge in [-0.2, -0.15) is 9.40 Å². The van der Waals surface area contributed by atoms with Gasteiger partial charge in [-0.25, -0.2) is 8.42 Å². The van der Waals surface area contributed by atoms with Crippen LogP contribution in [-0.2, 0) is 35.7 Å². The molecule has 1 aliphatic carbocycles. The second kappa shape index (κ2) is 9.40. The van der Waals surface area contributed by atoms with Crippen molar-refractivity contribution in [3.05, 3.63) is 71.4 Å². The molecule has 3 aromatic rings. The summed E-state index contributed by atoms with van der Waals surface area (Å²) in [5.74, 6) is 1.45. The van der Waals surface area contributed by atoms with Crippen molar-refractivity contribution >= 4 is 10.0 Å². The van der Waals surface area contributed by atoms with Crippen molar-refractivity contribution in [2.24, 2.45) is 7.05 Å². The monoisotopic (exact) mass is 484 g/mol. The maximum Gasteiger partial charge on any atom is 0.263 e. The Balaban J connectivity index is 1.69. The van der Waals surface area contributed by atoms with Gasteiger partial charge in [-0.15, -0.1) is 0 Å². The Morgan fingerprint density at radius 3 is 1.76 bits per heavy atom. The zero-order chi connectivity index (χ0) is 24.5. The Morgan fingerprint density at radius 2 is 1.38 bits per heavy atom. The average Bonchev–Trinajstić information content (AvgIpc) is 3.55. The quantitative estimate of drug-likeness (QED) is 0.439. The van der Waals surface area contributed by atoms with E-state index in [4.69, 9.17) is 9.47 Å². The van der Waals surface area contributed by atoms with Gasteiger partial charge in [0.1, 0.15) is 11.5 Å². The molecule has 0 unspecified atom stereocenters. The molecule has 0 atom stereocenters. The van der Waals surface area contributed by atoms with Gasteiger partial charge in [-0.1, -0.05) is 24.3 Å². The second-order valence-corrected chi connectivity index (χ2v) is 10.8. The molecular weight excluding hydrogens is 452 g/mol. The van der Waals surface area contributed by atoms with Crippen molar-refractivity contribution in [2.45, 2.75) is 36.5 Å². The van der Waals surface area contributed by atoms with E-state index in [1.54, 1.807) is 25.0 Å². The van der Waals surface area contributed by atoms with Crippen molar-refractivity contribution in [2.75, 3.05) is 28.3 Å². The van der Waals surface area contributed by atoms with Gasteiger partial charge in [-0.05, 0) is 62.3 Å². The van der Waals surface area contributed by atoms with Crippen LogP contribution in [0.3, 0.4) is 0 Å². The molecule has 1 saturated carbocycles. The van der Waals surface area contributed by atoms with Crippen molar-refractivity contribution < 1.29 is 17.9 Å². The van der Waals surface area contributed by atoms with Gasteiger partial charge >= 0.3 is 0 Å². The van der Waals surface area contributed by atoms with Crippen LogP contribution in [0.1, 0.15) is 29.7 Å². The normalized spacial score (nSPS) is 15.0. The summed E-state index contributed by atoms with van der Waals surface area (Å²) in [4.78, 5) is 2.15. The Hall–Kier alpha value is -2.88. The third-order valence-electron chi connectivity index (χ3n) is 6.55. The number of methoxy groups -OCH3 is 2. The summed E-state index contributed by atoms with van der Waals surface area (Å²) in [6, 6.07) is 16.6. The molecule has 1 aliphatic rings. The number of ether oxygens (including phenoxy) is 2. The molecular formula is C25H32N4O4S. The van der Waals surface area contributed by atoms with Crippen LogP contribution >= 0.6 is 0 Å². The van der Waals surface area contributed by atoms with E-state index in [1.807, 2.05) is 69.7 Å². The molecule has 0 N–H and O–H groups in total. The van der Waals surface area contributed by atoms with E-state index in [-0.39, 0.29) is 23.7 Å². The molecule has 1 aromatic heterocycles. The minimum absolute atomic E-state index is 0.0696. The van der Waals surface area contributed by atoms with Crippen LogP contribution in [-0.4, -0.2) is 55.7 Å². The summed E-state index contributed by atoms with van der Waals surface area (Å²) in [5, 5.41) is 4.52. The zero-order valence-electron chi connectivity index (χ0n) is 20.4. The number of sulfonamides is 1. The molecule has 1 heterocycles. The number of aromatic nitrogens is 2. The van der Waals surface area contributed by atoms with E-state index in [9.17, 15) is 8.42 Å². The summed E-state index contributed by atoms with van der Waals surface area (Å²) in [5.41, 5.74) is 2.50. The Kier molecular flexibility index (Phi) is 6.71.